The van der Waals surface area contributed by atoms with Crippen LogP contribution in [-0.2, 0) is 4.79 Å². The Morgan fingerprint density at radius 2 is 2.00 bits per heavy atom. The summed E-state index contributed by atoms with van der Waals surface area (Å²) in [5.74, 6) is 0.731. The van der Waals surface area contributed by atoms with Gasteiger partial charge in [-0.2, -0.15) is 0 Å². The van der Waals surface area contributed by atoms with Crippen molar-refractivity contribution in [1.29, 1.82) is 0 Å². The van der Waals surface area contributed by atoms with E-state index >= 15 is 0 Å². The Morgan fingerprint density at radius 1 is 1.29 bits per heavy atom. The van der Waals surface area contributed by atoms with E-state index in [4.69, 9.17) is 0 Å². The molecule has 0 saturated carbocycles. The molecule has 0 aliphatic carbocycles. The van der Waals surface area contributed by atoms with Gasteiger partial charge in [-0.1, -0.05) is 30.3 Å². The van der Waals surface area contributed by atoms with Crippen molar-refractivity contribution in [2.75, 3.05) is 13.1 Å². The second-order valence-corrected chi connectivity index (χ2v) is 4.60. The zero-order valence-corrected chi connectivity index (χ0v) is 10.3. The van der Waals surface area contributed by atoms with Gasteiger partial charge in [0.1, 0.15) is 0 Å². The molecule has 0 atom stereocenters. The number of hydrogen-bond acceptors (Lipinski definition) is 2. The van der Waals surface area contributed by atoms with Crippen molar-refractivity contribution < 1.29 is 4.79 Å². The number of ketones is 1. The van der Waals surface area contributed by atoms with Crippen LogP contribution in [-0.4, -0.2) is 18.9 Å². The fourth-order valence-electron chi connectivity index (χ4n) is 2.37. The second-order valence-electron chi connectivity index (χ2n) is 4.60. The Hall–Kier alpha value is -1.41. The van der Waals surface area contributed by atoms with Crippen molar-refractivity contribution in [2.24, 2.45) is 0 Å². The molecule has 1 N–H and O–H groups in total. The number of rotatable bonds is 3. The van der Waals surface area contributed by atoms with Gasteiger partial charge in [0.25, 0.3) is 0 Å². The molecule has 17 heavy (non-hydrogen) atoms. The van der Waals surface area contributed by atoms with Crippen LogP contribution in [0, 0.1) is 0 Å². The molecule has 0 unspecified atom stereocenters. The Morgan fingerprint density at radius 3 is 2.71 bits per heavy atom. The molecule has 1 aromatic rings. The zero-order chi connectivity index (χ0) is 12.1. The summed E-state index contributed by atoms with van der Waals surface area (Å²) in [6.45, 7) is 3.77. The Kier molecular flexibility index (Phi) is 4.10. The maximum atomic E-state index is 11.0. The van der Waals surface area contributed by atoms with Gasteiger partial charge in [-0.15, -0.1) is 0 Å². The average Bonchev–Trinajstić information content (AvgIpc) is 2.38. The molecule has 1 aliphatic heterocycles. The van der Waals surface area contributed by atoms with Crippen molar-refractivity contribution in [3.05, 3.63) is 41.5 Å². The SMILES string of the molecule is CC(=O)C=Cc1ccccc1C1CCNCC1. The highest BCUT2D eigenvalue weighted by Gasteiger charge is 2.16. The van der Waals surface area contributed by atoms with Crippen LogP contribution in [0.3, 0.4) is 0 Å². The van der Waals surface area contributed by atoms with Gasteiger partial charge in [0.05, 0.1) is 0 Å². The third kappa shape index (κ3) is 3.27. The molecular formula is C15H19NO. The fourth-order valence-corrected chi connectivity index (χ4v) is 2.37. The Balaban J connectivity index is 2.23. The van der Waals surface area contributed by atoms with E-state index in [0.717, 1.165) is 13.1 Å². The van der Waals surface area contributed by atoms with Crippen LogP contribution in [0.1, 0.15) is 36.8 Å². The number of piperidine rings is 1. The fraction of sp³-hybridized carbons (Fsp3) is 0.400. The van der Waals surface area contributed by atoms with Crippen LogP contribution in [0.4, 0.5) is 0 Å². The molecule has 0 aromatic heterocycles. The number of carbonyl (C=O) groups excluding carboxylic acids is 1. The normalized spacial score (nSPS) is 17.5. The lowest BCUT2D eigenvalue weighted by molar-refractivity contribution is -0.112. The predicted octanol–water partition coefficient (Wildman–Crippen LogP) is 2.76. The molecular weight excluding hydrogens is 210 g/mol. The summed E-state index contributed by atoms with van der Waals surface area (Å²) in [4.78, 5) is 11.0. The van der Waals surface area contributed by atoms with Crippen LogP contribution in [0.5, 0.6) is 0 Å². The highest BCUT2D eigenvalue weighted by atomic mass is 16.1. The molecule has 0 radical (unpaired) electrons. The van der Waals surface area contributed by atoms with Crippen molar-refractivity contribution in [2.45, 2.75) is 25.7 Å². The molecule has 1 fully saturated rings. The van der Waals surface area contributed by atoms with Crippen LogP contribution in [0.2, 0.25) is 0 Å². The van der Waals surface area contributed by atoms with Gasteiger partial charge in [0.2, 0.25) is 0 Å². The predicted molar refractivity (Wildman–Crippen MR) is 71.0 cm³/mol. The standard InChI is InChI=1S/C15H19NO/c1-12(17)6-7-13-4-2-3-5-15(13)14-8-10-16-11-9-14/h2-7,14,16H,8-11H2,1H3. The van der Waals surface area contributed by atoms with E-state index in [1.807, 2.05) is 12.1 Å². The molecule has 1 aromatic carbocycles. The summed E-state index contributed by atoms with van der Waals surface area (Å²) < 4.78 is 0. The molecule has 2 heteroatoms. The van der Waals surface area contributed by atoms with Crippen molar-refractivity contribution >= 4 is 11.9 Å². The first-order chi connectivity index (χ1) is 8.27. The second kappa shape index (κ2) is 5.78. The first-order valence-corrected chi connectivity index (χ1v) is 6.25. The van der Waals surface area contributed by atoms with Gasteiger partial charge in [-0.05, 0) is 56.0 Å². The number of carbonyl (C=O) groups is 1. The summed E-state index contributed by atoms with van der Waals surface area (Å²) in [6, 6.07) is 8.40. The minimum atomic E-state index is 0.102. The number of hydrogen-bond donors (Lipinski definition) is 1. The number of benzene rings is 1. The van der Waals surface area contributed by atoms with Crippen molar-refractivity contribution in [3.8, 4) is 0 Å². The van der Waals surface area contributed by atoms with E-state index in [1.165, 1.54) is 24.0 Å². The highest BCUT2D eigenvalue weighted by Crippen LogP contribution is 2.28. The summed E-state index contributed by atoms with van der Waals surface area (Å²) in [5, 5.41) is 3.38. The van der Waals surface area contributed by atoms with Gasteiger partial charge in [0.15, 0.2) is 5.78 Å². The van der Waals surface area contributed by atoms with Crippen molar-refractivity contribution in [3.63, 3.8) is 0 Å². The van der Waals surface area contributed by atoms with E-state index in [-0.39, 0.29) is 5.78 Å². The first kappa shape index (κ1) is 12.1. The smallest absolute Gasteiger partial charge is 0.152 e. The van der Waals surface area contributed by atoms with Gasteiger partial charge in [-0.25, -0.2) is 0 Å². The molecule has 1 heterocycles. The van der Waals surface area contributed by atoms with Gasteiger partial charge in [-0.3, -0.25) is 4.79 Å². The van der Waals surface area contributed by atoms with E-state index in [2.05, 4.69) is 23.5 Å². The van der Waals surface area contributed by atoms with Crippen molar-refractivity contribution in [1.82, 2.24) is 5.32 Å². The van der Waals surface area contributed by atoms with E-state index in [9.17, 15) is 4.79 Å². The maximum absolute atomic E-state index is 11.0. The Bertz CT molecular complexity index is 417. The average molecular weight is 229 g/mol. The van der Waals surface area contributed by atoms with E-state index in [1.54, 1.807) is 13.0 Å². The number of nitrogens with one attached hydrogen (secondary N) is 1. The third-order valence-corrected chi connectivity index (χ3v) is 3.27. The molecule has 90 valence electrons. The number of allylic oxidation sites excluding steroid dienone is 1. The van der Waals surface area contributed by atoms with Crippen LogP contribution >= 0.6 is 0 Å². The topological polar surface area (TPSA) is 29.1 Å². The van der Waals surface area contributed by atoms with Gasteiger partial charge in [0, 0.05) is 0 Å². The summed E-state index contributed by atoms with van der Waals surface area (Å²) in [6.07, 6.45) is 5.97. The van der Waals surface area contributed by atoms with Crippen LogP contribution in [0.15, 0.2) is 30.3 Å². The van der Waals surface area contributed by atoms with Gasteiger partial charge < -0.3 is 5.32 Å². The lowest BCUT2D eigenvalue weighted by atomic mass is 9.87. The first-order valence-electron chi connectivity index (χ1n) is 6.25. The highest BCUT2D eigenvalue weighted by molar-refractivity contribution is 5.91. The molecule has 0 spiro atoms. The van der Waals surface area contributed by atoms with E-state index < -0.39 is 0 Å². The molecule has 1 saturated heterocycles. The Labute approximate surface area is 103 Å². The lowest BCUT2D eigenvalue weighted by Gasteiger charge is -2.24. The van der Waals surface area contributed by atoms with Crippen LogP contribution < -0.4 is 5.32 Å². The van der Waals surface area contributed by atoms with Gasteiger partial charge >= 0.3 is 0 Å². The molecule has 2 nitrogen and oxygen atoms in total. The minimum absolute atomic E-state index is 0.102. The molecule has 0 amide bonds. The molecule has 0 bridgehead atoms. The lowest BCUT2D eigenvalue weighted by Crippen LogP contribution is -2.26. The quantitative estimate of drug-likeness (QED) is 0.807. The van der Waals surface area contributed by atoms with E-state index in [0.29, 0.717) is 5.92 Å². The largest absolute Gasteiger partial charge is 0.317 e. The maximum Gasteiger partial charge on any atom is 0.152 e. The zero-order valence-electron chi connectivity index (χ0n) is 10.3. The molecule has 1 aliphatic rings. The summed E-state index contributed by atoms with van der Waals surface area (Å²) in [5.41, 5.74) is 2.57. The summed E-state index contributed by atoms with van der Waals surface area (Å²) >= 11 is 0. The summed E-state index contributed by atoms with van der Waals surface area (Å²) in [7, 11) is 0. The minimum Gasteiger partial charge on any atom is -0.317 e. The third-order valence-electron chi connectivity index (χ3n) is 3.27. The van der Waals surface area contributed by atoms with Crippen LogP contribution in [0.25, 0.3) is 6.08 Å². The monoisotopic (exact) mass is 229 g/mol. The molecule has 2 rings (SSSR count).